The van der Waals surface area contributed by atoms with E-state index in [0.717, 1.165) is 12.0 Å². The molecule has 1 aromatic rings. The summed E-state index contributed by atoms with van der Waals surface area (Å²) in [6.07, 6.45) is 1.19. The maximum absolute atomic E-state index is 12.7. The largest absolute Gasteiger partial charge is 0.368 e. The zero-order valence-corrected chi connectivity index (χ0v) is 15.8. The second-order valence-corrected chi connectivity index (χ2v) is 6.73. The van der Waals surface area contributed by atoms with Gasteiger partial charge >= 0.3 is 0 Å². The second-order valence-electron chi connectivity index (χ2n) is 6.37. The first kappa shape index (κ1) is 21.5. The predicted octanol–water partition coefficient (Wildman–Crippen LogP) is 0.461. The summed E-state index contributed by atoms with van der Waals surface area (Å²) in [6.45, 7) is 4.48. The summed E-state index contributed by atoms with van der Waals surface area (Å²) in [6, 6.07) is 8.15. The lowest BCUT2D eigenvalue weighted by Gasteiger charge is -2.27. The molecule has 0 radical (unpaired) electrons. The average Bonchev–Trinajstić information content (AvgIpc) is 2.61. The molecule has 7 heteroatoms. The number of rotatable bonds is 11. The quantitative estimate of drug-likeness (QED) is 0.366. The van der Waals surface area contributed by atoms with Crippen molar-refractivity contribution in [2.24, 2.45) is 17.4 Å². The summed E-state index contributed by atoms with van der Waals surface area (Å²) in [7, 11) is 0. The lowest BCUT2D eigenvalue weighted by Crippen LogP contribution is -2.56. The zero-order valence-electron chi connectivity index (χ0n) is 14.9. The van der Waals surface area contributed by atoms with E-state index in [4.69, 9.17) is 11.5 Å². The van der Waals surface area contributed by atoms with Crippen LogP contribution in [-0.2, 0) is 16.0 Å². The van der Waals surface area contributed by atoms with E-state index >= 15 is 0 Å². The third-order valence-corrected chi connectivity index (χ3v) is 4.74. The molecule has 2 amide bonds. The molecule has 6 nitrogen and oxygen atoms in total. The van der Waals surface area contributed by atoms with Gasteiger partial charge < -0.3 is 22.1 Å². The number of hydrogen-bond acceptors (Lipinski definition) is 5. The Morgan fingerprint density at radius 3 is 2.40 bits per heavy atom. The lowest BCUT2D eigenvalue weighted by atomic mass is 9.97. The van der Waals surface area contributed by atoms with Gasteiger partial charge in [-0.1, -0.05) is 50.6 Å². The van der Waals surface area contributed by atoms with Crippen molar-refractivity contribution < 1.29 is 9.59 Å². The highest BCUT2D eigenvalue weighted by Crippen LogP contribution is 2.10. The lowest BCUT2D eigenvalue weighted by molar-refractivity contribution is -0.129. The van der Waals surface area contributed by atoms with Crippen LogP contribution < -0.4 is 22.1 Å². The molecule has 6 N–H and O–H groups in total. The minimum atomic E-state index is -0.748. The monoisotopic (exact) mass is 366 g/mol. The van der Waals surface area contributed by atoms with E-state index in [0.29, 0.717) is 18.7 Å². The molecule has 4 atom stereocenters. The Hall–Kier alpha value is -1.57. The van der Waals surface area contributed by atoms with Gasteiger partial charge in [0, 0.05) is 24.8 Å². The second kappa shape index (κ2) is 11.1. The van der Waals surface area contributed by atoms with Crippen molar-refractivity contribution in [3.63, 3.8) is 0 Å². The number of hydrogen-bond donors (Lipinski definition) is 5. The van der Waals surface area contributed by atoms with Crippen molar-refractivity contribution in [1.29, 1.82) is 0 Å². The summed E-state index contributed by atoms with van der Waals surface area (Å²) < 4.78 is 0. The van der Waals surface area contributed by atoms with E-state index < -0.39 is 18.0 Å². The van der Waals surface area contributed by atoms with E-state index in [1.54, 1.807) is 0 Å². The van der Waals surface area contributed by atoms with Crippen LogP contribution in [0.15, 0.2) is 30.3 Å². The highest BCUT2D eigenvalue weighted by atomic mass is 32.1. The van der Waals surface area contributed by atoms with Crippen LogP contribution in [0.25, 0.3) is 0 Å². The molecule has 0 heterocycles. The normalized spacial score (nSPS) is 15.8. The van der Waals surface area contributed by atoms with Crippen LogP contribution in [0.4, 0.5) is 0 Å². The van der Waals surface area contributed by atoms with Crippen LogP contribution in [0.3, 0.4) is 0 Å². The van der Waals surface area contributed by atoms with Crippen LogP contribution in [-0.4, -0.2) is 42.2 Å². The van der Waals surface area contributed by atoms with Gasteiger partial charge in [0.1, 0.15) is 6.04 Å². The summed E-state index contributed by atoms with van der Waals surface area (Å²) in [5, 5.41) is 5.98. The first-order valence-corrected chi connectivity index (χ1v) is 9.25. The average molecular weight is 367 g/mol. The molecule has 0 aliphatic heterocycles. The Bertz CT molecular complexity index is 541. The van der Waals surface area contributed by atoms with Gasteiger partial charge in [-0.3, -0.25) is 9.59 Å². The van der Waals surface area contributed by atoms with Gasteiger partial charge in [-0.15, -0.1) is 0 Å². The highest BCUT2D eigenvalue weighted by molar-refractivity contribution is 7.80. The minimum Gasteiger partial charge on any atom is -0.368 e. The van der Waals surface area contributed by atoms with Gasteiger partial charge in [0.15, 0.2) is 0 Å². The van der Waals surface area contributed by atoms with Crippen LogP contribution in [0.2, 0.25) is 0 Å². The van der Waals surface area contributed by atoms with E-state index in [9.17, 15) is 9.59 Å². The van der Waals surface area contributed by atoms with E-state index in [-0.39, 0.29) is 17.9 Å². The summed E-state index contributed by atoms with van der Waals surface area (Å²) in [4.78, 5) is 24.5. The molecule has 25 heavy (non-hydrogen) atoms. The molecule has 1 aromatic carbocycles. The summed E-state index contributed by atoms with van der Waals surface area (Å²) >= 11 is 4.16. The molecular weight excluding hydrogens is 336 g/mol. The maximum Gasteiger partial charge on any atom is 0.240 e. The molecule has 0 aromatic heterocycles. The van der Waals surface area contributed by atoms with E-state index in [2.05, 4.69) is 23.3 Å². The summed E-state index contributed by atoms with van der Waals surface area (Å²) in [5.41, 5.74) is 12.3. The first-order valence-electron chi connectivity index (χ1n) is 8.62. The fourth-order valence-electron chi connectivity index (χ4n) is 2.46. The number of nitrogens with one attached hydrogen (secondary N) is 2. The van der Waals surface area contributed by atoms with Crippen LogP contribution in [0, 0.1) is 5.92 Å². The Morgan fingerprint density at radius 1 is 1.24 bits per heavy atom. The molecule has 0 aliphatic carbocycles. The topological polar surface area (TPSA) is 110 Å². The van der Waals surface area contributed by atoms with Gasteiger partial charge in [-0.2, -0.15) is 12.6 Å². The van der Waals surface area contributed by atoms with Crippen LogP contribution in [0.5, 0.6) is 0 Å². The van der Waals surface area contributed by atoms with Crippen molar-refractivity contribution in [3.8, 4) is 0 Å². The number of amides is 2. The Kier molecular flexibility index (Phi) is 9.55. The van der Waals surface area contributed by atoms with Crippen molar-refractivity contribution in [2.45, 2.75) is 44.8 Å². The van der Waals surface area contributed by atoms with Crippen LogP contribution >= 0.6 is 12.6 Å². The standard InChI is InChI=1S/C18H30N4O2S/c1-3-12(2)16(21-10-14(19)11-25)18(24)22-15(17(20)23)9-13-7-5-4-6-8-13/h4-8,12,14-16,21,25H,3,9-11,19H2,1-2H3,(H2,20,23)(H,22,24)/t12-,14+,15-,16-/m0/s1. The number of nitrogens with two attached hydrogens (primary N) is 2. The molecule has 1 rings (SSSR count). The molecule has 0 saturated heterocycles. The Morgan fingerprint density at radius 2 is 1.88 bits per heavy atom. The van der Waals surface area contributed by atoms with Crippen molar-refractivity contribution in [3.05, 3.63) is 35.9 Å². The maximum atomic E-state index is 12.7. The predicted molar refractivity (Wildman–Crippen MR) is 104 cm³/mol. The van der Waals surface area contributed by atoms with E-state index in [1.165, 1.54) is 0 Å². The number of benzene rings is 1. The highest BCUT2D eigenvalue weighted by Gasteiger charge is 2.27. The van der Waals surface area contributed by atoms with Gasteiger partial charge in [-0.05, 0) is 11.5 Å². The molecular formula is C18H30N4O2S. The molecule has 0 unspecified atom stereocenters. The van der Waals surface area contributed by atoms with Gasteiger partial charge in [-0.25, -0.2) is 0 Å². The minimum absolute atomic E-state index is 0.0948. The zero-order chi connectivity index (χ0) is 18.8. The molecule has 0 fully saturated rings. The number of thiol groups is 1. The van der Waals surface area contributed by atoms with E-state index in [1.807, 2.05) is 44.2 Å². The molecule has 0 saturated carbocycles. The number of carbonyl (C=O) groups is 2. The van der Waals surface area contributed by atoms with Gasteiger partial charge in [0.2, 0.25) is 11.8 Å². The SMILES string of the molecule is CC[C@H](C)[C@H](NC[C@@H](N)CS)C(=O)N[C@@H](Cc1ccccc1)C(N)=O. The molecule has 0 spiro atoms. The fourth-order valence-corrected chi connectivity index (χ4v) is 2.59. The Labute approximate surface area is 155 Å². The molecule has 140 valence electrons. The third kappa shape index (κ3) is 7.46. The Balaban J connectivity index is 2.77. The number of primary amides is 1. The first-order chi connectivity index (χ1) is 11.9. The third-order valence-electron chi connectivity index (χ3n) is 4.27. The van der Waals surface area contributed by atoms with Crippen molar-refractivity contribution in [2.75, 3.05) is 12.3 Å². The smallest absolute Gasteiger partial charge is 0.240 e. The van der Waals surface area contributed by atoms with Gasteiger partial charge in [0.05, 0.1) is 6.04 Å². The summed E-state index contributed by atoms with van der Waals surface area (Å²) in [5.74, 6) is -0.162. The molecule has 0 aliphatic rings. The van der Waals surface area contributed by atoms with Crippen molar-refractivity contribution >= 4 is 24.4 Å². The van der Waals surface area contributed by atoms with Crippen molar-refractivity contribution in [1.82, 2.24) is 10.6 Å². The molecule has 0 bridgehead atoms. The van der Waals surface area contributed by atoms with Gasteiger partial charge in [0.25, 0.3) is 0 Å². The number of carbonyl (C=O) groups excluding carboxylic acids is 2. The van der Waals surface area contributed by atoms with Crippen LogP contribution in [0.1, 0.15) is 25.8 Å². The fraction of sp³-hybridized carbons (Fsp3) is 0.556.